The molecule has 1 saturated heterocycles. The Morgan fingerprint density at radius 1 is 0.977 bits per heavy atom. The first kappa shape index (κ1) is 30.9. The van der Waals surface area contributed by atoms with E-state index in [-0.39, 0.29) is 5.56 Å². The summed E-state index contributed by atoms with van der Waals surface area (Å²) >= 11 is 0. The zero-order valence-electron chi connectivity index (χ0n) is 24.8. The van der Waals surface area contributed by atoms with E-state index in [1.54, 1.807) is 50.7 Å². The number of hydrogen-bond acceptors (Lipinski definition) is 8. The zero-order chi connectivity index (χ0) is 30.8. The lowest BCUT2D eigenvalue weighted by atomic mass is 9.97. The molecular formula is C34H37N5O4. The molecule has 3 aromatic carbocycles. The summed E-state index contributed by atoms with van der Waals surface area (Å²) in [6, 6.07) is 24.0. The van der Waals surface area contributed by atoms with Gasteiger partial charge in [0.2, 0.25) is 0 Å². The molecule has 43 heavy (non-hydrogen) atoms. The van der Waals surface area contributed by atoms with Gasteiger partial charge in [-0.05, 0) is 78.6 Å². The third-order valence-corrected chi connectivity index (χ3v) is 7.40. The Labute approximate surface area is 252 Å². The summed E-state index contributed by atoms with van der Waals surface area (Å²) in [6.45, 7) is 6.68. The summed E-state index contributed by atoms with van der Waals surface area (Å²) in [7, 11) is 3.41. The van der Waals surface area contributed by atoms with Gasteiger partial charge in [-0.25, -0.2) is 9.78 Å². The lowest BCUT2D eigenvalue weighted by Crippen LogP contribution is -2.31. The van der Waals surface area contributed by atoms with Gasteiger partial charge in [0.1, 0.15) is 17.3 Å². The van der Waals surface area contributed by atoms with Crippen LogP contribution in [0.2, 0.25) is 0 Å². The minimum atomic E-state index is -0.940. The number of carboxylic acid groups (broad SMARTS) is 1. The topological polar surface area (TPSA) is 125 Å². The number of aromatic nitrogens is 1. The summed E-state index contributed by atoms with van der Waals surface area (Å²) in [6.07, 6.45) is 2.81. The fourth-order valence-corrected chi connectivity index (χ4v) is 5.04. The first-order valence-electron chi connectivity index (χ1n) is 14.1. The van der Waals surface area contributed by atoms with Crippen LogP contribution >= 0.6 is 0 Å². The summed E-state index contributed by atoms with van der Waals surface area (Å²) in [5.74, 6) is 1.80. The van der Waals surface area contributed by atoms with Gasteiger partial charge in [-0.15, -0.1) is 0 Å². The molecule has 0 unspecified atom stereocenters. The number of nitrogen functional groups attached to an aromatic ring is 1. The standard InChI is InChI=1S/C19H26N4O2.C15H11NO2/c1-24-17-5-3-6-18(25-2)16(17)14-22-9-4-10-23(12-11-22)19-8-7-15(20)13-21-19;1-10-2-5-13(15(17)18)8-14(10)12-6-3-11(9-16)4-7-12/h3,5-8,13H,4,9-12,14,20H2,1-2H3;2-8H,1H3,(H,17,18). The molecule has 9 heteroatoms. The van der Waals surface area contributed by atoms with E-state index >= 15 is 0 Å². The van der Waals surface area contributed by atoms with Crippen LogP contribution in [0.15, 0.2) is 79.0 Å². The molecule has 0 atom stereocenters. The number of carbonyl (C=O) groups is 1. The predicted octanol–water partition coefficient (Wildman–Crippen LogP) is 5.63. The smallest absolute Gasteiger partial charge is 0.335 e. The Balaban J connectivity index is 0.000000208. The van der Waals surface area contributed by atoms with Crippen molar-refractivity contribution in [1.82, 2.24) is 9.88 Å². The average Bonchev–Trinajstić information content (AvgIpc) is 3.27. The molecule has 0 saturated carbocycles. The molecule has 1 fully saturated rings. The number of hydrogen-bond donors (Lipinski definition) is 2. The second kappa shape index (κ2) is 14.7. The van der Waals surface area contributed by atoms with Crippen molar-refractivity contribution in [2.45, 2.75) is 19.9 Å². The maximum Gasteiger partial charge on any atom is 0.335 e. The van der Waals surface area contributed by atoms with Crippen LogP contribution in [0.5, 0.6) is 11.5 Å². The van der Waals surface area contributed by atoms with Gasteiger partial charge < -0.3 is 25.2 Å². The number of carboxylic acids is 1. The van der Waals surface area contributed by atoms with Crippen LogP contribution in [0.1, 0.15) is 33.5 Å². The Morgan fingerprint density at radius 3 is 2.30 bits per heavy atom. The summed E-state index contributed by atoms with van der Waals surface area (Å²) in [4.78, 5) is 20.2. The first-order valence-corrected chi connectivity index (χ1v) is 14.1. The first-order chi connectivity index (χ1) is 20.8. The van der Waals surface area contributed by atoms with Crippen LogP contribution in [-0.2, 0) is 6.54 Å². The van der Waals surface area contributed by atoms with E-state index in [0.717, 1.165) is 78.7 Å². The van der Waals surface area contributed by atoms with Gasteiger partial charge in [0, 0.05) is 32.7 Å². The highest BCUT2D eigenvalue weighted by molar-refractivity contribution is 5.90. The third-order valence-electron chi connectivity index (χ3n) is 7.40. The van der Waals surface area contributed by atoms with Crippen molar-refractivity contribution in [3.05, 3.63) is 101 Å². The Bertz CT molecular complexity index is 1540. The zero-order valence-corrected chi connectivity index (χ0v) is 24.8. The largest absolute Gasteiger partial charge is 0.496 e. The summed E-state index contributed by atoms with van der Waals surface area (Å²) < 4.78 is 11.0. The minimum Gasteiger partial charge on any atom is -0.496 e. The van der Waals surface area contributed by atoms with Crippen molar-refractivity contribution in [2.24, 2.45) is 0 Å². The van der Waals surface area contributed by atoms with E-state index in [1.165, 1.54) is 0 Å². The Morgan fingerprint density at radius 2 is 1.70 bits per heavy atom. The number of rotatable bonds is 7. The van der Waals surface area contributed by atoms with Gasteiger partial charge >= 0.3 is 5.97 Å². The van der Waals surface area contributed by atoms with Gasteiger partial charge in [-0.1, -0.05) is 24.3 Å². The lowest BCUT2D eigenvalue weighted by Gasteiger charge is -2.24. The van der Waals surface area contributed by atoms with Crippen molar-refractivity contribution >= 4 is 17.5 Å². The van der Waals surface area contributed by atoms with E-state index in [1.807, 2.05) is 49.4 Å². The second-order valence-corrected chi connectivity index (χ2v) is 10.2. The summed E-state index contributed by atoms with van der Waals surface area (Å²) in [5, 5.41) is 17.7. The van der Waals surface area contributed by atoms with Gasteiger partial charge in [0.25, 0.3) is 0 Å². The van der Waals surface area contributed by atoms with E-state index in [4.69, 9.17) is 25.6 Å². The molecule has 1 aromatic heterocycles. The maximum atomic E-state index is 11.0. The molecule has 4 aromatic rings. The molecule has 222 valence electrons. The van der Waals surface area contributed by atoms with Crippen molar-refractivity contribution in [2.75, 3.05) is 51.0 Å². The number of aromatic carboxylic acids is 1. The molecule has 0 aliphatic carbocycles. The maximum absolute atomic E-state index is 11.0. The van der Waals surface area contributed by atoms with E-state index < -0.39 is 5.97 Å². The third kappa shape index (κ3) is 8.03. The van der Waals surface area contributed by atoms with Crippen molar-refractivity contribution < 1.29 is 19.4 Å². The Kier molecular flexibility index (Phi) is 10.6. The number of nitriles is 1. The second-order valence-electron chi connectivity index (χ2n) is 10.2. The minimum absolute atomic E-state index is 0.264. The number of methoxy groups -OCH3 is 2. The van der Waals surface area contributed by atoms with Crippen LogP contribution in [-0.4, -0.2) is 61.4 Å². The van der Waals surface area contributed by atoms with Crippen molar-refractivity contribution in [3.8, 4) is 28.7 Å². The van der Waals surface area contributed by atoms with Crippen LogP contribution in [0.25, 0.3) is 11.1 Å². The van der Waals surface area contributed by atoms with Crippen molar-refractivity contribution in [3.63, 3.8) is 0 Å². The fraction of sp³-hybridized carbons (Fsp3) is 0.265. The molecule has 0 bridgehead atoms. The van der Waals surface area contributed by atoms with E-state index in [9.17, 15) is 4.79 Å². The lowest BCUT2D eigenvalue weighted by molar-refractivity contribution is 0.0697. The van der Waals surface area contributed by atoms with Crippen LogP contribution in [0.3, 0.4) is 0 Å². The number of nitrogens with two attached hydrogens (primary N) is 1. The molecule has 1 aliphatic heterocycles. The van der Waals surface area contributed by atoms with Gasteiger partial charge in [-0.2, -0.15) is 5.26 Å². The molecule has 5 rings (SSSR count). The predicted molar refractivity (Wildman–Crippen MR) is 169 cm³/mol. The van der Waals surface area contributed by atoms with Gasteiger partial charge in [-0.3, -0.25) is 4.90 Å². The van der Waals surface area contributed by atoms with Gasteiger partial charge in [0.05, 0.1) is 48.9 Å². The SMILES string of the molecule is COc1cccc(OC)c1CN1CCCN(c2ccc(N)cn2)CC1.Cc1ccc(C(=O)O)cc1-c1ccc(C#N)cc1. The highest BCUT2D eigenvalue weighted by Crippen LogP contribution is 2.30. The number of nitrogens with zero attached hydrogens (tertiary/aromatic N) is 4. The normalized spacial score (nSPS) is 13.2. The number of pyridine rings is 1. The van der Waals surface area contributed by atoms with Crippen LogP contribution in [0, 0.1) is 18.3 Å². The molecule has 0 radical (unpaired) electrons. The number of aryl methyl sites for hydroxylation is 1. The quantitative estimate of drug-likeness (QED) is 0.287. The van der Waals surface area contributed by atoms with E-state index in [0.29, 0.717) is 11.3 Å². The fourth-order valence-electron chi connectivity index (χ4n) is 5.04. The molecular weight excluding hydrogens is 542 g/mol. The van der Waals surface area contributed by atoms with Crippen LogP contribution < -0.4 is 20.1 Å². The van der Waals surface area contributed by atoms with Crippen molar-refractivity contribution in [1.29, 1.82) is 5.26 Å². The highest BCUT2D eigenvalue weighted by Gasteiger charge is 2.19. The van der Waals surface area contributed by atoms with Gasteiger partial charge in [0.15, 0.2) is 0 Å². The summed E-state index contributed by atoms with van der Waals surface area (Å²) in [5.41, 5.74) is 11.2. The Hall–Kier alpha value is -5.07. The monoisotopic (exact) mass is 579 g/mol. The molecule has 0 spiro atoms. The number of ether oxygens (including phenoxy) is 2. The van der Waals surface area contributed by atoms with E-state index in [2.05, 4.69) is 20.9 Å². The number of benzene rings is 3. The van der Waals surface area contributed by atoms with Crippen LogP contribution in [0.4, 0.5) is 11.5 Å². The molecule has 0 amide bonds. The molecule has 1 aliphatic rings. The number of anilines is 2. The molecule has 2 heterocycles. The highest BCUT2D eigenvalue weighted by atomic mass is 16.5. The molecule has 9 nitrogen and oxygen atoms in total. The molecule has 3 N–H and O–H groups in total. The average molecular weight is 580 g/mol.